The molecule has 2 aromatic carbocycles. The maximum atomic E-state index is 13.4. The van der Waals surface area contributed by atoms with Gasteiger partial charge in [-0.1, -0.05) is 35.4 Å². The summed E-state index contributed by atoms with van der Waals surface area (Å²) in [4.78, 5) is 11.4. The number of unbranched alkanes of at least 4 members (excludes halogenated alkanes) is 1. The lowest BCUT2D eigenvalue weighted by Gasteiger charge is -2.22. The molecule has 0 amide bonds. The minimum atomic E-state index is -3.93. The molecular weight excluding hydrogens is 535 g/mol. The van der Waals surface area contributed by atoms with Crippen LogP contribution in [0.5, 0.6) is 0 Å². The highest BCUT2D eigenvalue weighted by Crippen LogP contribution is 2.29. The van der Waals surface area contributed by atoms with Crippen molar-refractivity contribution >= 4 is 49.2 Å². The van der Waals surface area contributed by atoms with Crippen molar-refractivity contribution in [2.24, 2.45) is 0 Å². The SMILES string of the molecule is COC(=O)CCCC=C[C@@H]1C[C@@H](NS(=O)(=O)c2ccc(Cl)cc2)CN1S(=O)(=O)c1ccc(Cl)cc1. The van der Waals surface area contributed by atoms with E-state index in [1.807, 2.05) is 0 Å². The van der Waals surface area contributed by atoms with Gasteiger partial charge in [-0.25, -0.2) is 21.6 Å². The molecule has 0 spiro atoms. The Morgan fingerprint density at radius 2 is 1.60 bits per heavy atom. The Balaban J connectivity index is 1.80. The number of carbonyl (C=O) groups is 1. The van der Waals surface area contributed by atoms with E-state index in [2.05, 4.69) is 9.46 Å². The van der Waals surface area contributed by atoms with Crippen molar-refractivity contribution in [3.05, 3.63) is 70.7 Å². The number of carbonyl (C=O) groups excluding carboxylic acids is 1. The molecule has 1 saturated heterocycles. The van der Waals surface area contributed by atoms with Crippen molar-refractivity contribution in [2.45, 2.75) is 47.6 Å². The van der Waals surface area contributed by atoms with Crippen molar-refractivity contribution in [3.63, 3.8) is 0 Å². The Hall–Kier alpha value is -1.95. The number of rotatable bonds is 10. The molecule has 2 atom stereocenters. The van der Waals surface area contributed by atoms with Crippen LogP contribution in [0.3, 0.4) is 0 Å². The van der Waals surface area contributed by atoms with Gasteiger partial charge in [0.15, 0.2) is 0 Å². The van der Waals surface area contributed by atoms with Crippen molar-refractivity contribution < 1.29 is 26.4 Å². The molecule has 3 rings (SSSR count). The zero-order valence-electron chi connectivity index (χ0n) is 18.9. The smallest absolute Gasteiger partial charge is 0.305 e. The Bertz CT molecular complexity index is 1260. The van der Waals surface area contributed by atoms with E-state index < -0.39 is 32.1 Å². The minimum Gasteiger partial charge on any atom is -0.469 e. The largest absolute Gasteiger partial charge is 0.469 e. The molecule has 0 bridgehead atoms. The monoisotopic (exact) mass is 560 g/mol. The average Bonchev–Trinajstić information content (AvgIpc) is 3.21. The second kappa shape index (κ2) is 11.9. The van der Waals surface area contributed by atoms with Crippen LogP contribution in [0.25, 0.3) is 0 Å². The van der Waals surface area contributed by atoms with Crippen molar-refractivity contribution in [1.82, 2.24) is 9.03 Å². The Morgan fingerprint density at radius 1 is 1.03 bits per heavy atom. The number of nitrogens with zero attached hydrogens (tertiary/aromatic N) is 1. The Morgan fingerprint density at radius 3 is 2.17 bits per heavy atom. The number of ether oxygens (including phenoxy) is 1. The summed E-state index contributed by atoms with van der Waals surface area (Å²) in [6.45, 7) is -0.0467. The van der Waals surface area contributed by atoms with E-state index in [0.717, 1.165) is 0 Å². The summed E-state index contributed by atoms with van der Waals surface area (Å²) in [5.74, 6) is -0.317. The number of benzene rings is 2. The molecule has 35 heavy (non-hydrogen) atoms. The lowest BCUT2D eigenvalue weighted by atomic mass is 10.1. The fourth-order valence-electron chi connectivity index (χ4n) is 3.74. The zero-order valence-corrected chi connectivity index (χ0v) is 22.1. The normalized spacial score (nSPS) is 19.3. The molecule has 190 valence electrons. The van der Waals surface area contributed by atoms with Crippen molar-refractivity contribution in [3.8, 4) is 0 Å². The van der Waals surface area contributed by atoms with Gasteiger partial charge in [0.2, 0.25) is 20.0 Å². The first-order valence-corrected chi connectivity index (χ1v) is 14.5. The summed E-state index contributed by atoms with van der Waals surface area (Å²) in [6.07, 6.45) is 5.12. The first-order chi connectivity index (χ1) is 16.5. The molecule has 1 heterocycles. The average molecular weight is 562 g/mol. The minimum absolute atomic E-state index is 0.0378. The van der Waals surface area contributed by atoms with Crippen LogP contribution in [0.4, 0.5) is 0 Å². The predicted octanol–water partition coefficient (Wildman–Crippen LogP) is 4.00. The van der Waals surface area contributed by atoms with Gasteiger partial charge in [-0.3, -0.25) is 4.79 Å². The summed E-state index contributed by atoms with van der Waals surface area (Å²) in [5, 5.41) is 0.809. The molecule has 12 heteroatoms. The molecule has 1 fully saturated rings. The van der Waals surface area contributed by atoms with Crippen LogP contribution in [-0.4, -0.2) is 52.8 Å². The predicted molar refractivity (Wildman–Crippen MR) is 134 cm³/mol. The van der Waals surface area contributed by atoms with Crippen molar-refractivity contribution in [1.29, 1.82) is 0 Å². The summed E-state index contributed by atoms with van der Waals surface area (Å²) >= 11 is 11.8. The van der Waals surface area contributed by atoms with Gasteiger partial charge in [-0.05, 0) is 67.8 Å². The van der Waals surface area contributed by atoms with Crippen LogP contribution in [0.1, 0.15) is 25.7 Å². The standard InChI is InChI=1S/C23H26Cl2N2O6S2/c1-33-23(28)6-4-2-3-5-20-15-19(26-34(29,30)21-11-7-17(24)8-12-21)16-27(20)35(31,32)22-13-9-18(25)10-14-22/h3,5,7-14,19-20,26H,2,4,6,15-16H2,1H3/t19-,20-/m1/s1. The number of nitrogens with one attached hydrogen (secondary N) is 1. The highest BCUT2D eigenvalue weighted by atomic mass is 35.5. The lowest BCUT2D eigenvalue weighted by molar-refractivity contribution is -0.140. The molecule has 2 aromatic rings. The van der Waals surface area contributed by atoms with Crippen LogP contribution >= 0.6 is 23.2 Å². The van der Waals surface area contributed by atoms with Gasteiger partial charge in [0.05, 0.1) is 16.9 Å². The third-order valence-corrected chi connectivity index (χ3v) is 9.45. The van der Waals surface area contributed by atoms with Gasteiger partial charge in [0.1, 0.15) is 0 Å². The van der Waals surface area contributed by atoms with Crippen LogP contribution in [0.2, 0.25) is 10.0 Å². The third-order valence-electron chi connectivity index (χ3n) is 5.50. The van der Waals surface area contributed by atoms with Crippen LogP contribution in [-0.2, 0) is 29.6 Å². The molecule has 0 aliphatic carbocycles. The van der Waals surface area contributed by atoms with E-state index in [4.69, 9.17) is 23.2 Å². The summed E-state index contributed by atoms with van der Waals surface area (Å²) in [5.41, 5.74) is 0. The lowest BCUT2D eigenvalue weighted by Crippen LogP contribution is -2.39. The number of halogens is 2. The molecule has 1 aliphatic heterocycles. The maximum Gasteiger partial charge on any atom is 0.305 e. The van der Waals surface area contributed by atoms with Crippen LogP contribution < -0.4 is 4.72 Å². The zero-order chi connectivity index (χ0) is 25.6. The van der Waals surface area contributed by atoms with Gasteiger partial charge in [-0.2, -0.15) is 4.31 Å². The highest BCUT2D eigenvalue weighted by Gasteiger charge is 2.40. The van der Waals surface area contributed by atoms with E-state index in [9.17, 15) is 21.6 Å². The number of esters is 1. The molecular formula is C23H26Cl2N2O6S2. The summed E-state index contributed by atoms with van der Waals surface area (Å²) in [7, 11) is -6.49. The molecule has 8 nitrogen and oxygen atoms in total. The van der Waals surface area contributed by atoms with E-state index in [1.54, 1.807) is 12.2 Å². The molecule has 1 aliphatic rings. The van der Waals surface area contributed by atoms with Gasteiger partial charge >= 0.3 is 5.97 Å². The molecule has 0 unspecified atom stereocenters. The fourth-order valence-corrected chi connectivity index (χ4v) is 6.87. The first-order valence-electron chi connectivity index (χ1n) is 10.8. The second-order valence-electron chi connectivity index (χ2n) is 8.00. The molecule has 0 radical (unpaired) electrons. The van der Waals surface area contributed by atoms with Gasteiger partial charge in [-0.15, -0.1) is 0 Å². The van der Waals surface area contributed by atoms with Crippen molar-refractivity contribution in [2.75, 3.05) is 13.7 Å². The molecule has 1 N–H and O–H groups in total. The quantitative estimate of drug-likeness (QED) is 0.267. The fraction of sp³-hybridized carbons (Fsp3) is 0.348. The number of sulfonamides is 2. The summed E-state index contributed by atoms with van der Waals surface area (Å²) in [6, 6.07) is 10.3. The maximum absolute atomic E-state index is 13.4. The molecule has 0 aromatic heterocycles. The number of hydrogen-bond acceptors (Lipinski definition) is 6. The van der Waals surface area contributed by atoms with E-state index in [0.29, 0.717) is 22.9 Å². The van der Waals surface area contributed by atoms with E-state index in [1.165, 1.54) is 59.9 Å². The number of hydrogen-bond donors (Lipinski definition) is 1. The van der Waals surface area contributed by atoms with E-state index >= 15 is 0 Å². The van der Waals surface area contributed by atoms with Crippen LogP contribution in [0.15, 0.2) is 70.5 Å². The van der Waals surface area contributed by atoms with Crippen LogP contribution in [0, 0.1) is 0 Å². The van der Waals surface area contributed by atoms with Gasteiger partial charge < -0.3 is 4.74 Å². The Labute approximate surface area is 216 Å². The number of methoxy groups -OCH3 is 1. The first kappa shape index (κ1) is 27.6. The highest BCUT2D eigenvalue weighted by molar-refractivity contribution is 7.89. The van der Waals surface area contributed by atoms with Gasteiger partial charge in [0.25, 0.3) is 0 Å². The number of allylic oxidation sites excluding steroid dienone is 1. The van der Waals surface area contributed by atoms with E-state index in [-0.39, 0.29) is 35.1 Å². The third kappa shape index (κ3) is 7.28. The topological polar surface area (TPSA) is 110 Å². The summed E-state index contributed by atoms with van der Waals surface area (Å²) < 4.78 is 61.0. The Kier molecular flexibility index (Phi) is 9.36. The van der Waals surface area contributed by atoms with Gasteiger partial charge in [0, 0.05) is 35.1 Å². The molecule has 0 saturated carbocycles. The second-order valence-corrected chi connectivity index (χ2v) is 12.5.